The largest absolute Gasteiger partial charge is 0.381 e. The molecular weight excluding hydrogens is 200 g/mol. The maximum atomic E-state index is 5.92. The maximum absolute atomic E-state index is 5.92. The van der Waals surface area contributed by atoms with Gasteiger partial charge in [0.25, 0.3) is 0 Å². The fraction of sp³-hybridized carbons (Fsp3) is 1.00. The molecule has 0 bridgehead atoms. The summed E-state index contributed by atoms with van der Waals surface area (Å²) in [6.45, 7) is 4.84. The van der Waals surface area contributed by atoms with Crippen molar-refractivity contribution in [3.05, 3.63) is 0 Å². The van der Waals surface area contributed by atoms with Crippen LogP contribution in [0.1, 0.15) is 38.5 Å². The summed E-state index contributed by atoms with van der Waals surface area (Å²) in [5, 5.41) is 3.61. The standard InChI is InChI=1S/C13H26N2O/c14-10-13(5-8-16-9-6-13)11-15-7-4-12-2-1-3-12/h12,15H,1-11,14H2. The van der Waals surface area contributed by atoms with E-state index in [1.807, 2.05) is 0 Å². The molecular formula is C13H26N2O. The minimum Gasteiger partial charge on any atom is -0.381 e. The zero-order valence-electron chi connectivity index (χ0n) is 10.3. The van der Waals surface area contributed by atoms with Crippen molar-refractivity contribution in [3.63, 3.8) is 0 Å². The molecule has 94 valence electrons. The molecule has 0 spiro atoms. The highest BCUT2D eigenvalue weighted by Crippen LogP contribution is 2.30. The average Bonchev–Trinajstić information content (AvgIpc) is 2.28. The Hall–Kier alpha value is -0.120. The smallest absolute Gasteiger partial charge is 0.0472 e. The van der Waals surface area contributed by atoms with E-state index >= 15 is 0 Å². The van der Waals surface area contributed by atoms with E-state index in [2.05, 4.69) is 5.32 Å². The molecule has 3 N–H and O–H groups in total. The van der Waals surface area contributed by atoms with Gasteiger partial charge < -0.3 is 15.8 Å². The zero-order chi connectivity index (χ0) is 11.3. The van der Waals surface area contributed by atoms with Crippen molar-refractivity contribution in [1.29, 1.82) is 0 Å². The summed E-state index contributed by atoms with van der Waals surface area (Å²) in [5.74, 6) is 1.01. The second-order valence-electron chi connectivity index (χ2n) is 5.58. The Balaban J connectivity index is 1.61. The van der Waals surface area contributed by atoms with Gasteiger partial charge in [0.1, 0.15) is 0 Å². The molecule has 1 heterocycles. The van der Waals surface area contributed by atoms with Crippen LogP contribution in [0.4, 0.5) is 0 Å². The van der Waals surface area contributed by atoms with Gasteiger partial charge in [0.2, 0.25) is 0 Å². The number of ether oxygens (including phenoxy) is 1. The van der Waals surface area contributed by atoms with Gasteiger partial charge in [0.15, 0.2) is 0 Å². The highest BCUT2D eigenvalue weighted by Gasteiger charge is 2.30. The van der Waals surface area contributed by atoms with Crippen molar-refractivity contribution in [2.75, 3.05) is 32.8 Å². The third-order valence-electron chi connectivity index (χ3n) is 4.44. The van der Waals surface area contributed by atoms with Crippen LogP contribution in [0.15, 0.2) is 0 Å². The topological polar surface area (TPSA) is 47.3 Å². The Kier molecular flexibility index (Phi) is 4.62. The quantitative estimate of drug-likeness (QED) is 0.675. The molecule has 3 heteroatoms. The van der Waals surface area contributed by atoms with Gasteiger partial charge in [-0.05, 0) is 43.7 Å². The van der Waals surface area contributed by atoms with Crippen LogP contribution in [0.3, 0.4) is 0 Å². The minimum absolute atomic E-state index is 0.317. The van der Waals surface area contributed by atoms with E-state index < -0.39 is 0 Å². The second kappa shape index (κ2) is 5.99. The molecule has 2 fully saturated rings. The van der Waals surface area contributed by atoms with Crippen LogP contribution in [0.2, 0.25) is 0 Å². The van der Waals surface area contributed by atoms with Crippen LogP contribution in [0.5, 0.6) is 0 Å². The molecule has 2 aliphatic rings. The Labute approximate surface area is 99.1 Å². The van der Waals surface area contributed by atoms with Gasteiger partial charge in [-0.2, -0.15) is 0 Å². The van der Waals surface area contributed by atoms with E-state index in [4.69, 9.17) is 10.5 Å². The molecule has 16 heavy (non-hydrogen) atoms. The molecule has 0 aromatic rings. The SMILES string of the molecule is NCC1(CNCCC2CCC2)CCOCC1. The van der Waals surface area contributed by atoms with Crippen molar-refractivity contribution < 1.29 is 4.74 Å². The Bertz CT molecular complexity index is 198. The fourth-order valence-electron chi connectivity index (χ4n) is 2.70. The van der Waals surface area contributed by atoms with Gasteiger partial charge in [0, 0.05) is 19.8 Å². The van der Waals surface area contributed by atoms with Gasteiger partial charge in [-0.3, -0.25) is 0 Å². The normalized spacial score (nSPS) is 25.3. The lowest BCUT2D eigenvalue weighted by Gasteiger charge is -2.36. The summed E-state index contributed by atoms with van der Waals surface area (Å²) in [4.78, 5) is 0. The van der Waals surface area contributed by atoms with Crippen molar-refractivity contribution in [2.45, 2.75) is 38.5 Å². The molecule has 0 unspecified atom stereocenters. The van der Waals surface area contributed by atoms with Crippen molar-refractivity contribution in [2.24, 2.45) is 17.1 Å². The summed E-state index contributed by atoms with van der Waals surface area (Å²) < 4.78 is 5.41. The van der Waals surface area contributed by atoms with Crippen LogP contribution in [0, 0.1) is 11.3 Å². The number of nitrogens with one attached hydrogen (secondary N) is 1. The molecule has 0 radical (unpaired) electrons. The van der Waals surface area contributed by atoms with Gasteiger partial charge in [-0.1, -0.05) is 19.3 Å². The van der Waals surface area contributed by atoms with Gasteiger partial charge >= 0.3 is 0 Å². The van der Waals surface area contributed by atoms with E-state index in [0.29, 0.717) is 5.41 Å². The van der Waals surface area contributed by atoms with E-state index in [9.17, 15) is 0 Å². The van der Waals surface area contributed by atoms with Gasteiger partial charge in [0.05, 0.1) is 0 Å². The molecule has 1 saturated carbocycles. The number of hydrogen-bond donors (Lipinski definition) is 2. The van der Waals surface area contributed by atoms with E-state index in [-0.39, 0.29) is 0 Å². The highest BCUT2D eigenvalue weighted by atomic mass is 16.5. The predicted molar refractivity (Wildman–Crippen MR) is 66.4 cm³/mol. The molecule has 3 nitrogen and oxygen atoms in total. The first kappa shape index (κ1) is 12.3. The monoisotopic (exact) mass is 226 g/mol. The second-order valence-corrected chi connectivity index (χ2v) is 5.58. The molecule has 1 aliphatic heterocycles. The van der Waals surface area contributed by atoms with Gasteiger partial charge in [-0.15, -0.1) is 0 Å². The Morgan fingerprint density at radius 3 is 2.56 bits per heavy atom. The summed E-state index contributed by atoms with van der Waals surface area (Å²) in [5.41, 5.74) is 6.24. The lowest BCUT2D eigenvalue weighted by molar-refractivity contribution is 0.0191. The van der Waals surface area contributed by atoms with Gasteiger partial charge in [-0.25, -0.2) is 0 Å². The minimum atomic E-state index is 0.317. The van der Waals surface area contributed by atoms with Crippen molar-refractivity contribution in [3.8, 4) is 0 Å². The summed E-state index contributed by atoms with van der Waals surface area (Å²) in [7, 11) is 0. The van der Waals surface area contributed by atoms with Crippen molar-refractivity contribution >= 4 is 0 Å². The summed E-state index contributed by atoms with van der Waals surface area (Å²) in [6, 6.07) is 0. The molecule has 0 aromatic carbocycles. The van der Waals surface area contributed by atoms with E-state index in [1.54, 1.807) is 0 Å². The molecule has 0 aromatic heterocycles. The van der Waals surface area contributed by atoms with E-state index in [1.165, 1.54) is 32.2 Å². The van der Waals surface area contributed by atoms with Crippen LogP contribution in [0.25, 0.3) is 0 Å². The third-order valence-corrected chi connectivity index (χ3v) is 4.44. The first-order valence-corrected chi connectivity index (χ1v) is 6.83. The van der Waals surface area contributed by atoms with Crippen LogP contribution >= 0.6 is 0 Å². The fourth-order valence-corrected chi connectivity index (χ4v) is 2.70. The van der Waals surface area contributed by atoms with Crippen LogP contribution in [-0.2, 0) is 4.74 Å². The first-order valence-electron chi connectivity index (χ1n) is 6.83. The highest BCUT2D eigenvalue weighted by molar-refractivity contribution is 4.85. The number of rotatable bonds is 6. The first-order chi connectivity index (χ1) is 7.85. The molecule has 1 aliphatic carbocycles. The van der Waals surface area contributed by atoms with Crippen LogP contribution < -0.4 is 11.1 Å². The third kappa shape index (κ3) is 3.19. The lowest BCUT2D eigenvalue weighted by Crippen LogP contribution is -2.44. The number of nitrogens with two attached hydrogens (primary N) is 1. The molecule has 0 amide bonds. The maximum Gasteiger partial charge on any atom is 0.0472 e. The average molecular weight is 226 g/mol. The number of hydrogen-bond acceptors (Lipinski definition) is 3. The summed E-state index contributed by atoms with van der Waals surface area (Å²) in [6.07, 6.45) is 7.97. The van der Waals surface area contributed by atoms with Crippen LogP contribution in [-0.4, -0.2) is 32.8 Å². The molecule has 0 atom stereocenters. The Morgan fingerprint density at radius 2 is 2.00 bits per heavy atom. The van der Waals surface area contributed by atoms with E-state index in [0.717, 1.165) is 45.1 Å². The zero-order valence-corrected chi connectivity index (χ0v) is 10.3. The summed E-state index contributed by atoms with van der Waals surface area (Å²) >= 11 is 0. The predicted octanol–water partition coefficient (Wildman–Crippen LogP) is 1.52. The molecule has 1 saturated heterocycles. The molecule has 2 rings (SSSR count). The lowest BCUT2D eigenvalue weighted by atomic mass is 9.80. The van der Waals surface area contributed by atoms with Crippen molar-refractivity contribution in [1.82, 2.24) is 5.32 Å². The Morgan fingerprint density at radius 1 is 1.25 bits per heavy atom.